The normalized spacial score (nSPS) is 31.4. The molecule has 2 rings (SSSR count). The molecule has 1 atom stereocenters. The number of halogens is 1. The molecule has 0 aromatic rings. The molecular formula is C9H15ClO3S. The van der Waals surface area contributed by atoms with E-state index < -0.39 is 9.05 Å². The van der Waals surface area contributed by atoms with Crippen LogP contribution in [0.2, 0.25) is 0 Å². The predicted molar refractivity (Wildman–Crippen MR) is 54.9 cm³/mol. The SMILES string of the molecule is O=S(=O)(Cl)CC1CCC2(CCC2)CO1. The molecule has 1 spiro atoms. The molecule has 82 valence electrons. The summed E-state index contributed by atoms with van der Waals surface area (Å²) in [6.07, 6.45) is 5.54. The minimum atomic E-state index is -3.40. The largest absolute Gasteiger partial charge is 0.377 e. The highest BCUT2D eigenvalue weighted by Gasteiger charge is 2.41. The molecule has 1 aliphatic carbocycles. The molecule has 1 saturated heterocycles. The molecule has 0 bridgehead atoms. The lowest BCUT2D eigenvalue weighted by atomic mass is 9.65. The van der Waals surface area contributed by atoms with E-state index >= 15 is 0 Å². The summed E-state index contributed by atoms with van der Waals surface area (Å²) in [6.45, 7) is 0.726. The van der Waals surface area contributed by atoms with E-state index in [1.54, 1.807) is 0 Å². The van der Waals surface area contributed by atoms with Crippen molar-refractivity contribution in [3.63, 3.8) is 0 Å². The summed E-state index contributed by atoms with van der Waals surface area (Å²) in [4.78, 5) is 0. The summed E-state index contributed by atoms with van der Waals surface area (Å²) in [6, 6.07) is 0. The molecule has 1 heterocycles. The van der Waals surface area contributed by atoms with Gasteiger partial charge in [-0.2, -0.15) is 0 Å². The van der Waals surface area contributed by atoms with Crippen LogP contribution in [-0.2, 0) is 13.8 Å². The second kappa shape index (κ2) is 3.65. The number of hydrogen-bond acceptors (Lipinski definition) is 3. The van der Waals surface area contributed by atoms with Gasteiger partial charge < -0.3 is 4.74 Å². The third-order valence-corrected chi connectivity index (χ3v) is 4.57. The van der Waals surface area contributed by atoms with E-state index in [4.69, 9.17) is 15.4 Å². The Kier molecular flexibility index (Phi) is 2.79. The minimum Gasteiger partial charge on any atom is -0.377 e. The van der Waals surface area contributed by atoms with E-state index in [-0.39, 0.29) is 11.9 Å². The molecule has 1 unspecified atom stereocenters. The van der Waals surface area contributed by atoms with Crippen molar-refractivity contribution in [1.29, 1.82) is 0 Å². The van der Waals surface area contributed by atoms with E-state index in [9.17, 15) is 8.42 Å². The first-order valence-electron chi connectivity index (χ1n) is 5.03. The van der Waals surface area contributed by atoms with Gasteiger partial charge in [0, 0.05) is 10.7 Å². The maximum absolute atomic E-state index is 10.8. The van der Waals surface area contributed by atoms with Gasteiger partial charge in [0.15, 0.2) is 0 Å². The fourth-order valence-electron chi connectivity index (χ4n) is 2.34. The zero-order valence-corrected chi connectivity index (χ0v) is 9.61. The Labute approximate surface area is 89.2 Å². The van der Waals surface area contributed by atoms with Crippen molar-refractivity contribution in [1.82, 2.24) is 0 Å². The van der Waals surface area contributed by atoms with Gasteiger partial charge in [-0.1, -0.05) is 6.42 Å². The molecule has 14 heavy (non-hydrogen) atoms. The molecule has 0 radical (unpaired) electrons. The highest BCUT2D eigenvalue weighted by Crippen LogP contribution is 2.47. The van der Waals surface area contributed by atoms with Gasteiger partial charge in [0.2, 0.25) is 9.05 Å². The molecule has 1 aliphatic heterocycles. The molecule has 0 aromatic heterocycles. The maximum atomic E-state index is 10.8. The number of ether oxygens (including phenoxy) is 1. The summed E-state index contributed by atoms with van der Waals surface area (Å²) < 4.78 is 27.2. The van der Waals surface area contributed by atoms with Crippen LogP contribution >= 0.6 is 10.7 Å². The van der Waals surface area contributed by atoms with E-state index in [0.717, 1.165) is 19.4 Å². The van der Waals surface area contributed by atoms with Crippen LogP contribution in [0.25, 0.3) is 0 Å². The quantitative estimate of drug-likeness (QED) is 0.691. The van der Waals surface area contributed by atoms with Crippen LogP contribution in [0.5, 0.6) is 0 Å². The van der Waals surface area contributed by atoms with Crippen molar-refractivity contribution >= 4 is 19.7 Å². The third-order valence-electron chi connectivity index (χ3n) is 3.42. The van der Waals surface area contributed by atoms with Gasteiger partial charge in [0.25, 0.3) is 0 Å². The Morgan fingerprint density at radius 2 is 2.07 bits per heavy atom. The van der Waals surface area contributed by atoms with Crippen LogP contribution in [-0.4, -0.2) is 26.9 Å². The van der Waals surface area contributed by atoms with Gasteiger partial charge in [-0.25, -0.2) is 8.42 Å². The molecule has 1 saturated carbocycles. The second-order valence-corrected chi connectivity index (χ2v) is 7.35. The predicted octanol–water partition coefficient (Wildman–Crippen LogP) is 1.90. The molecule has 3 nitrogen and oxygen atoms in total. The van der Waals surface area contributed by atoms with Gasteiger partial charge in [-0.05, 0) is 31.1 Å². The molecule has 2 aliphatic rings. The van der Waals surface area contributed by atoms with Crippen molar-refractivity contribution in [2.75, 3.05) is 12.4 Å². The monoisotopic (exact) mass is 238 g/mol. The molecule has 5 heteroatoms. The first kappa shape index (κ1) is 10.7. The van der Waals surface area contributed by atoms with Crippen LogP contribution in [0.1, 0.15) is 32.1 Å². The first-order valence-corrected chi connectivity index (χ1v) is 7.51. The highest BCUT2D eigenvalue weighted by atomic mass is 35.7. The molecule has 0 amide bonds. The first-order chi connectivity index (χ1) is 6.49. The molecule has 2 fully saturated rings. The van der Waals surface area contributed by atoms with Crippen molar-refractivity contribution in [3.8, 4) is 0 Å². The van der Waals surface area contributed by atoms with Gasteiger partial charge in [-0.3, -0.25) is 0 Å². The molecule has 0 N–H and O–H groups in total. The maximum Gasteiger partial charge on any atom is 0.235 e. The van der Waals surface area contributed by atoms with Crippen molar-refractivity contribution in [2.45, 2.75) is 38.2 Å². The smallest absolute Gasteiger partial charge is 0.235 e. The summed E-state index contributed by atoms with van der Waals surface area (Å²) in [5, 5.41) is 0. The van der Waals surface area contributed by atoms with Crippen molar-refractivity contribution in [2.24, 2.45) is 5.41 Å². The van der Waals surface area contributed by atoms with Crippen molar-refractivity contribution in [3.05, 3.63) is 0 Å². The second-order valence-electron chi connectivity index (χ2n) is 4.53. The Morgan fingerprint density at radius 1 is 1.36 bits per heavy atom. The van der Waals surface area contributed by atoms with Gasteiger partial charge in [-0.15, -0.1) is 0 Å². The number of rotatable bonds is 2. The average molecular weight is 239 g/mol. The zero-order valence-electron chi connectivity index (χ0n) is 8.04. The molecule has 0 aromatic carbocycles. The summed E-state index contributed by atoms with van der Waals surface area (Å²) in [5.41, 5.74) is 0.395. The van der Waals surface area contributed by atoms with E-state index in [2.05, 4.69) is 0 Å². The summed E-state index contributed by atoms with van der Waals surface area (Å²) in [5.74, 6) is -0.0371. The molecular weight excluding hydrogens is 224 g/mol. The van der Waals surface area contributed by atoms with E-state index in [0.29, 0.717) is 5.41 Å². The van der Waals surface area contributed by atoms with Gasteiger partial charge in [0.1, 0.15) is 0 Å². The van der Waals surface area contributed by atoms with Crippen LogP contribution in [0.3, 0.4) is 0 Å². The Bertz CT molecular complexity index is 298. The van der Waals surface area contributed by atoms with Gasteiger partial charge >= 0.3 is 0 Å². The Balaban J connectivity index is 1.84. The lowest BCUT2D eigenvalue weighted by Gasteiger charge is -2.46. The summed E-state index contributed by atoms with van der Waals surface area (Å²) in [7, 11) is 1.78. The minimum absolute atomic E-state index is 0.0371. The fourth-order valence-corrected chi connectivity index (χ4v) is 3.47. The van der Waals surface area contributed by atoms with Crippen LogP contribution < -0.4 is 0 Å². The number of hydrogen-bond donors (Lipinski definition) is 0. The van der Waals surface area contributed by atoms with Crippen molar-refractivity contribution < 1.29 is 13.2 Å². The topological polar surface area (TPSA) is 43.4 Å². The average Bonchev–Trinajstić information content (AvgIpc) is 2.00. The highest BCUT2D eigenvalue weighted by molar-refractivity contribution is 8.13. The van der Waals surface area contributed by atoms with Crippen LogP contribution in [0.4, 0.5) is 0 Å². The standard InChI is InChI=1S/C9H15ClO3S/c10-14(11,12)6-8-2-5-9(7-13-8)3-1-4-9/h8H,1-7H2. The van der Waals surface area contributed by atoms with Gasteiger partial charge in [0.05, 0.1) is 18.5 Å². The Morgan fingerprint density at radius 3 is 2.43 bits per heavy atom. The lowest BCUT2D eigenvalue weighted by molar-refractivity contribution is -0.0878. The lowest BCUT2D eigenvalue weighted by Crippen LogP contribution is -2.42. The van der Waals surface area contributed by atoms with Crippen LogP contribution in [0.15, 0.2) is 0 Å². The fraction of sp³-hybridized carbons (Fsp3) is 1.00. The van der Waals surface area contributed by atoms with E-state index in [1.807, 2.05) is 0 Å². The zero-order chi connectivity index (χ0) is 10.2. The van der Waals surface area contributed by atoms with E-state index in [1.165, 1.54) is 19.3 Å². The summed E-state index contributed by atoms with van der Waals surface area (Å²) >= 11 is 0. The Hall–Kier alpha value is 0.200. The van der Waals surface area contributed by atoms with Crippen LogP contribution in [0, 0.1) is 5.41 Å². The third kappa shape index (κ3) is 2.41.